The third-order valence-electron chi connectivity index (χ3n) is 2.65. The summed E-state index contributed by atoms with van der Waals surface area (Å²) < 4.78 is 0. The number of rotatable bonds is 5. The number of hydrogen-bond acceptors (Lipinski definition) is 4. The minimum absolute atomic E-state index is 0.735. The van der Waals surface area contributed by atoms with Crippen molar-refractivity contribution in [1.29, 1.82) is 0 Å². The summed E-state index contributed by atoms with van der Waals surface area (Å²) in [5.74, 6) is 3.62. The number of hydrogen-bond donors (Lipinski definition) is 2. The maximum atomic E-state index is 4.10. The van der Waals surface area contributed by atoms with Crippen LogP contribution in [0.5, 0.6) is 0 Å². The first-order valence-electron chi connectivity index (χ1n) is 5.60. The van der Waals surface area contributed by atoms with Gasteiger partial charge in [-0.2, -0.15) is 16.9 Å². The van der Waals surface area contributed by atoms with Crippen LogP contribution in [0.3, 0.4) is 0 Å². The summed E-state index contributed by atoms with van der Waals surface area (Å²) in [5, 5.41) is 10.3. The van der Waals surface area contributed by atoms with Crippen molar-refractivity contribution >= 4 is 11.8 Å². The minimum atomic E-state index is 0.735. The molecule has 15 heavy (non-hydrogen) atoms. The highest BCUT2D eigenvalue weighted by molar-refractivity contribution is 7.99. The van der Waals surface area contributed by atoms with E-state index in [4.69, 9.17) is 0 Å². The Morgan fingerprint density at radius 3 is 3.33 bits per heavy atom. The summed E-state index contributed by atoms with van der Waals surface area (Å²) in [6, 6.07) is 0.735. The average molecular weight is 226 g/mol. The zero-order valence-corrected chi connectivity index (χ0v) is 9.72. The zero-order chi connectivity index (χ0) is 10.3. The molecule has 0 spiro atoms. The largest absolute Gasteiger partial charge is 0.313 e. The van der Waals surface area contributed by atoms with Gasteiger partial charge in [0.15, 0.2) is 0 Å². The molecule has 1 fully saturated rings. The van der Waals surface area contributed by atoms with Crippen LogP contribution in [0.2, 0.25) is 0 Å². The smallest absolute Gasteiger partial charge is 0.137 e. The van der Waals surface area contributed by atoms with E-state index in [1.807, 2.05) is 0 Å². The van der Waals surface area contributed by atoms with Crippen molar-refractivity contribution in [3.63, 3.8) is 0 Å². The second kappa shape index (κ2) is 6.12. The fraction of sp³-hybridized carbons (Fsp3) is 0.800. The van der Waals surface area contributed by atoms with Crippen LogP contribution in [0.4, 0.5) is 0 Å². The maximum absolute atomic E-state index is 4.10. The Morgan fingerprint density at radius 1 is 1.60 bits per heavy atom. The number of H-pyrrole nitrogens is 1. The molecule has 4 nitrogen and oxygen atoms in total. The monoisotopic (exact) mass is 226 g/mol. The van der Waals surface area contributed by atoms with E-state index in [0.717, 1.165) is 31.3 Å². The molecule has 1 aliphatic rings. The fourth-order valence-corrected chi connectivity index (χ4v) is 2.92. The maximum Gasteiger partial charge on any atom is 0.137 e. The van der Waals surface area contributed by atoms with Gasteiger partial charge in [-0.25, -0.2) is 4.98 Å². The van der Waals surface area contributed by atoms with Crippen molar-refractivity contribution in [2.45, 2.75) is 31.7 Å². The van der Waals surface area contributed by atoms with Crippen LogP contribution in [0, 0.1) is 0 Å². The van der Waals surface area contributed by atoms with Gasteiger partial charge in [0.2, 0.25) is 0 Å². The molecule has 1 aromatic heterocycles. The topological polar surface area (TPSA) is 53.6 Å². The number of aromatic amines is 1. The van der Waals surface area contributed by atoms with Crippen LogP contribution in [0.15, 0.2) is 6.33 Å². The van der Waals surface area contributed by atoms with Gasteiger partial charge in [-0.3, -0.25) is 5.10 Å². The lowest BCUT2D eigenvalue weighted by atomic mass is 10.2. The van der Waals surface area contributed by atoms with Crippen molar-refractivity contribution in [2.75, 3.05) is 18.1 Å². The summed E-state index contributed by atoms with van der Waals surface area (Å²) in [6.45, 7) is 1.09. The number of nitrogens with one attached hydrogen (secondary N) is 2. The highest BCUT2D eigenvalue weighted by Crippen LogP contribution is 2.16. The predicted molar refractivity (Wildman–Crippen MR) is 63.1 cm³/mol. The van der Waals surface area contributed by atoms with E-state index in [1.165, 1.54) is 24.3 Å². The molecule has 0 saturated carbocycles. The van der Waals surface area contributed by atoms with E-state index in [0.29, 0.717) is 0 Å². The molecule has 0 aromatic carbocycles. The van der Waals surface area contributed by atoms with Crippen molar-refractivity contribution < 1.29 is 0 Å². The summed E-state index contributed by atoms with van der Waals surface area (Å²) >= 11 is 2.07. The molecule has 5 heteroatoms. The quantitative estimate of drug-likeness (QED) is 0.741. The lowest BCUT2D eigenvalue weighted by Crippen LogP contribution is -2.34. The van der Waals surface area contributed by atoms with E-state index in [1.54, 1.807) is 6.33 Å². The fourth-order valence-electron chi connectivity index (χ4n) is 1.81. The summed E-state index contributed by atoms with van der Waals surface area (Å²) in [6.07, 6.45) is 6.41. The molecule has 1 aliphatic heterocycles. The van der Waals surface area contributed by atoms with Crippen LogP contribution < -0.4 is 5.32 Å². The van der Waals surface area contributed by atoms with E-state index in [-0.39, 0.29) is 0 Å². The Kier molecular flexibility index (Phi) is 4.47. The van der Waals surface area contributed by atoms with Gasteiger partial charge in [-0.15, -0.1) is 0 Å². The third-order valence-corrected chi connectivity index (χ3v) is 3.86. The average Bonchev–Trinajstić information content (AvgIpc) is 2.79. The normalized spacial score (nSPS) is 21.7. The Labute approximate surface area is 94.6 Å². The molecule has 0 aliphatic carbocycles. The van der Waals surface area contributed by atoms with Gasteiger partial charge < -0.3 is 5.32 Å². The van der Waals surface area contributed by atoms with Crippen molar-refractivity contribution in [3.8, 4) is 0 Å². The van der Waals surface area contributed by atoms with Crippen LogP contribution >= 0.6 is 11.8 Å². The molecule has 2 heterocycles. The molecule has 1 unspecified atom stereocenters. The highest BCUT2D eigenvalue weighted by atomic mass is 32.2. The first-order chi connectivity index (χ1) is 7.45. The first kappa shape index (κ1) is 11.0. The molecule has 0 radical (unpaired) electrons. The molecule has 0 bridgehead atoms. The lowest BCUT2D eigenvalue weighted by molar-refractivity contribution is 0.499. The minimum Gasteiger partial charge on any atom is -0.313 e. The molecular weight excluding hydrogens is 208 g/mol. The number of nitrogens with zero attached hydrogens (tertiary/aromatic N) is 2. The van der Waals surface area contributed by atoms with E-state index < -0.39 is 0 Å². The molecule has 2 rings (SSSR count). The van der Waals surface area contributed by atoms with Crippen LogP contribution in [-0.2, 0) is 6.42 Å². The molecular formula is C10H18N4S. The summed E-state index contributed by atoms with van der Waals surface area (Å²) in [5.41, 5.74) is 0. The molecule has 1 atom stereocenters. The van der Waals surface area contributed by atoms with Gasteiger partial charge in [-0.05, 0) is 31.6 Å². The molecule has 0 amide bonds. The van der Waals surface area contributed by atoms with E-state index in [9.17, 15) is 0 Å². The van der Waals surface area contributed by atoms with Gasteiger partial charge in [0.1, 0.15) is 12.2 Å². The molecule has 84 valence electrons. The van der Waals surface area contributed by atoms with Gasteiger partial charge in [0.05, 0.1) is 0 Å². The van der Waals surface area contributed by atoms with E-state index >= 15 is 0 Å². The highest BCUT2D eigenvalue weighted by Gasteiger charge is 2.12. The lowest BCUT2D eigenvalue weighted by Gasteiger charge is -2.22. The van der Waals surface area contributed by atoms with Crippen molar-refractivity contribution in [1.82, 2.24) is 20.5 Å². The van der Waals surface area contributed by atoms with Crippen molar-refractivity contribution in [2.24, 2.45) is 0 Å². The van der Waals surface area contributed by atoms with Crippen LogP contribution in [-0.4, -0.2) is 39.3 Å². The Hall–Kier alpha value is -0.550. The Bertz CT molecular complexity index is 256. The summed E-state index contributed by atoms with van der Waals surface area (Å²) in [4.78, 5) is 4.10. The van der Waals surface area contributed by atoms with Gasteiger partial charge >= 0.3 is 0 Å². The summed E-state index contributed by atoms with van der Waals surface area (Å²) in [7, 11) is 0. The van der Waals surface area contributed by atoms with Gasteiger partial charge in [0, 0.05) is 18.2 Å². The van der Waals surface area contributed by atoms with E-state index in [2.05, 4.69) is 32.3 Å². The standard InChI is InChI=1S/C10H18N4S/c1(4-10-12-8-13-14-10)5-11-9-3-2-6-15-7-9/h8-9,11H,1-7H2,(H,12,13,14). The molecule has 2 N–H and O–H groups in total. The third kappa shape index (κ3) is 3.83. The molecule has 1 aromatic rings. The zero-order valence-electron chi connectivity index (χ0n) is 8.91. The Morgan fingerprint density at radius 2 is 2.60 bits per heavy atom. The first-order valence-corrected chi connectivity index (χ1v) is 6.76. The van der Waals surface area contributed by atoms with Gasteiger partial charge in [-0.1, -0.05) is 0 Å². The Balaban J connectivity index is 1.54. The second-order valence-electron chi connectivity index (χ2n) is 3.90. The van der Waals surface area contributed by atoms with Crippen LogP contribution in [0.1, 0.15) is 25.1 Å². The predicted octanol–water partition coefficient (Wildman–Crippen LogP) is 1.22. The number of thioether (sulfide) groups is 1. The SMILES string of the molecule is c1n[nH]c(CCCNC2CCCSC2)n1. The second-order valence-corrected chi connectivity index (χ2v) is 5.05. The van der Waals surface area contributed by atoms with Crippen molar-refractivity contribution in [3.05, 3.63) is 12.2 Å². The van der Waals surface area contributed by atoms with Crippen LogP contribution in [0.25, 0.3) is 0 Å². The number of aromatic nitrogens is 3. The van der Waals surface area contributed by atoms with Gasteiger partial charge in [0.25, 0.3) is 0 Å². The number of aryl methyl sites for hydroxylation is 1. The molecule has 1 saturated heterocycles.